The zero-order valence-electron chi connectivity index (χ0n) is 14.5. The summed E-state index contributed by atoms with van der Waals surface area (Å²) in [4.78, 5) is 27.3. The maximum absolute atomic E-state index is 12.3. The molecule has 2 saturated heterocycles. The number of hydrogen-bond acceptors (Lipinski definition) is 5. The molecule has 3 rings (SSSR count). The maximum Gasteiger partial charge on any atom is 0.317 e. The van der Waals surface area contributed by atoms with Crippen LogP contribution >= 0.6 is 0 Å². The second kappa shape index (κ2) is 8.28. The monoisotopic (exact) mass is 332 g/mol. The fraction of sp³-hybridized carbons (Fsp3) is 0.706. The first-order valence-electron chi connectivity index (χ1n) is 8.99. The Morgan fingerprint density at radius 1 is 1.21 bits per heavy atom. The number of rotatable bonds is 4. The number of aromatic nitrogens is 2. The Morgan fingerprint density at radius 2 is 1.96 bits per heavy atom. The van der Waals surface area contributed by atoms with E-state index < -0.39 is 0 Å². The first kappa shape index (κ1) is 17.0. The van der Waals surface area contributed by atoms with Crippen LogP contribution in [0.2, 0.25) is 0 Å². The van der Waals surface area contributed by atoms with Crippen LogP contribution in [0, 0.1) is 5.92 Å². The highest BCUT2D eigenvalue weighted by atomic mass is 16.2. The van der Waals surface area contributed by atoms with Gasteiger partial charge in [0.25, 0.3) is 0 Å². The van der Waals surface area contributed by atoms with Crippen molar-refractivity contribution >= 4 is 12.0 Å². The number of urea groups is 1. The van der Waals surface area contributed by atoms with E-state index >= 15 is 0 Å². The first-order chi connectivity index (χ1) is 11.7. The van der Waals surface area contributed by atoms with Gasteiger partial charge in [0.2, 0.25) is 5.95 Å². The molecule has 0 bridgehead atoms. The van der Waals surface area contributed by atoms with Crippen molar-refractivity contribution in [1.29, 1.82) is 0 Å². The smallest absolute Gasteiger partial charge is 0.317 e. The zero-order chi connectivity index (χ0) is 16.8. The molecule has 24 heavy (non-hydrogen) atoms. The second-order valence-electron chi connectivity index (χ2n) is 6.80. The average Bonchev–Trinajstić information content (AvgIpc) is 2.63. The Labute approximate surface area is 144 Å². The van der Waals surface area contributed by atoms with Gasteiger partial charge in [-0.1, -0.05) is 6.92 Å². The Morgan fingerprint density at radius 3 is 2.67 bits per heavy atom. The minimum atomic E-state index is 0.0497. The van der Waals surface area contributed by atoms with E-state index in [0.717, 1.165) is 51.1 Å². The molecule has 2 aliphatic heterocycles. The molecule has 2 fully saturated rings. The van der Waals surface area contributed by atoms with Crippen LogP contribution in [0.5, 0.6) is 0 Å². The van der Waals surface area contributed by atoms with Crippen molar-refractivity contribution in [2.75, 3.05) is 57.3 Å². The summed E-state index contributed by atoms with van der Waals surface area (Å²) in [5.74, 6) is 1.53. The van der Waals surface area contributed by atoms with Crippen molar-refractivity contribution < 1.29 is 4.79 Å². The number of carbonyl (C=O) groups excluding carboxylic acids is 1. The number of hydrogen-bond donors (Lipinski definition) is 1. The van der Waals surface area contributed by atoms with Crippen molar-refractivity contribution in [1.82, 2.24) is 25.1 Å². The van der Waals surface area contributed by atoms with Gasteiger partial charge in [0.05, 0.1) is 0 Å². The molecule has 7 heteroatoms. The number of piperidine rings is 1. The summed E-state index contributed by atoms with van der Waals surface area (Å²) in [5.41, 5.74) is 0. The molecule has 1 N–H and O–H groups in total. The third-order valence-corrected chi connectivity index (χ3v) is 4.85. The lowest BCUT2D eigenvalue weighted by Crippen LogP contribution is -2.53. The Kier molecular flexibility index (Phi) is 5.85. The summed E-state index contributed by atoms with van der Waals surface area (Å²) in [6.45, 7) is 9.29. The number of piperazine rings is 1. The maximum atomic E-state index is 12.3. The van der Waals surface area contributed by atoms with Crippen LogP contribution in [0.15, 0.2) is 18.5 Å². The van der Waals surface area contributed by atoms with Gasteiger partial charge in [-0.2, -0.15) is 0 Å². The molecular weight excluding hydrogens is 304 g/mol. The van der Waals surface area contributed by atoms with Gasteiger partial charge in [-0.25, -0.2) is 14.8 Å². The molecule has 1 unspecified atom stereocenters. The Hall–Kier alpha value is -1.89. The van der Waals surface area contributed by atoms with Crippen LogP contribution < -0.4 is 10.2 Å². The molecule has 0 spiro atoms. The quantitative estimate of drug-likeness (QED) is 0.892. The molecule has 2 aliphatic rings. The lowest BCUT2D eigenvalue weighted by molar-refractivity contribution is 0.175. The number of amides is 2. The van der Waals surface area contributed by atoms with Crippen molar-refractivity contribution in [3.63, 3.8) is 0 Å². The molecule has 0 aromatic carbocycles. The summed E-state index contributed by atoms with van der Waals surface area (Å²) in [6, 6.07) is 1.87. The zero-order valence-corrected chi connectivity index (χ0v) is 14.5. The summed E-state index contributed by atoms with van der Waals surface area (Å²) < 4.78 is 0. The SMILES string of the molecule is CC1CCCN(CCNC(=O)N2CCN(c3ncccn3)CC2)C1. The normalized spacial score (nSPS) is 22.5. The van der Waals surface area contributed by atoms with Crippen LogP contribution in [0.1, 0.15) is 19.8 Å². The van der Waals surface area contributed by atoms with Crippen LogP contribution in [0.25, 0.3) is 0 Å². The van der Waals surface area contributed by atoms with E-state index in [4.69, 9.17) is 0 Å². The van der Waals surface area contributed by atoms with Crippen molar-refractivity contribution in [2.45, 2.75) is 19.8 Å². The molecule has 0 aliphatic carbocycles. The third kappa shape index (κ3) is 4.56. The fourth-order valence-corrected chi connectivity index (χ4v) is 3.49. The van der Waals surface area contributed by atoms with Gasteiger partial charge in [0.15, 0.2) is 0 Å². The summed E-state index contributed by atoms with van der Waals surface area (Å²) in [7, 11) is 0. The van der Waals surface area contributed by atoms with E-state index in [1.807, 2.05) is 11.0 Å². The van der Waals surface area contributed by atoms with E-state index in [-0.39, 0.29) is 6.03 Å². The standard InChI is InChI=1S/C17H28N6O/c1-15-4-2-8-21(14-15)9-7-20-17(24)23-12-10-22(11-13-23)16-18-5-3-6-19-16/h3,5-6,15H,2,4,7-14H2,1H3,(H,20,24). The van der Waals surface area contributed by atoms with Crippen LogP contribution in [0.3, 0.4) is 0 Å². The summed E-state index contributed by atoms with van der Waals surface area (Å²) in [6.07, 6.45) is 6.11. The minimum Gasteiger partial charge on any atom is -0.337 e. The Balaban J connectivity index is 1.36. The highest BCUT2D eigenvalue weighted by molar-refractivity contribution is 5.74. The highest BCUT2D eigenvalue weighted by Crippen LogP contribution is 2.14. The van der Waals surface area contributed by atoms with E-state index in [9.17, 15) is 4.79 Å². The van der Waals surface area contributed by atoms with Crippen LogP contribution in [-0.4, -0.2) is 78.2 Å². The molecule has 1 aromatic heterocycles. The van der Waals surface area contributed by atoms with Gasteiger partial charge in [-0.15, -0.1) is 0 Å². The van der Waals surface area contributed by atoms with Crippen molar-refractivity contribution in [2.24, 2.45) is 5.92 Å². The highest BCUT2D eigenvalue weighted by Gasteiger charge is 2.22. The molecule has 7 nitrogen and oxygen atoms in total. The van der Waals surface area contributed by atoms with Gasteiger partial charge in [0.1, 0.15) is 0 Å². The van der Waals surface area contributed by atoms with Gasteiger partial charge < -0.3 is 20.0 Å². The number of carbonyl (C=O) groups is 1. The second-order valence-corrected chi connectivity index (χ2v) is 6.80. The van der Waals surface area contributed by atoms with E-state index in [0.29, 0.717) is 13.1 Å². The minimum absolute atomic E-state index is 0.0497. The van der Waals surface area contributed by atoms with Crippen LogP contribution in [-0.2, 0) is 0 Å². The molecule has 3 heterocycles. The van der Waals surface area contributed by atoms with Gasteiger partial charge in [-0.05, 0) is 31.4 Å². The molecule has 0 saturated carbocycles. The first-order valence-corrected chi connectivity index (χ1v) is 8.99. The van der Waals surface area contributed by atoms with Crippen molar-refractivity contribution in [3.8, 4) is 0 Å². The number of nitrogens with one attached hydrogen (secondary N) is 1. The van der Waals surface area contributed by atoms with Gasteiger partial charge in [0, 0.05) is 58.2 Å². The average molecular weight is 332 g/mol. The molecule has 1 atom stereocenters. The largest absolute Gasteiger partial charge is 0.337 e. The number of nitrogens with zero attached hydrogens (tertiary/aromatic N) is 5. The van der Waals surface area contributed by atoms with Crippen LogP contribution in [0.4, 0.5) is 10.7 Å². The molecular formula is C17H28N6O. The number of anilines is 1. The van der Waals surface area contributed by atoms with E-state index in [1.54, 1.807) is 12.4 Å². The molecule has 2 amide bonds. The van der Waals surface area contributed by atoms with Crippen molar-refractivity contribution in [3.05, 3.63) is 18.5 Å². The summed E-state index contributed by atoms with van der Waals surface area (Å²) >= 11 is 0. The third-order valence-electron chi connectivity index (χ3n) is 4.85. The Bertz CT molecular complexity index is 517. The lowest BCUT2D eigenvalue weighted by Gasteiger charge is -2.35. The molecule has 1 aromatic rings. The van der Waals surface area contributed by atoms with E-state index in [1.165, 1.54) is 12.8 Å². The summed E-state index contributed by atoms with van der Waals surface area (Å²) in [5, 5.41) is 3.06. The fourth-order valence-electron chi connectivity index (χ4n) is 3.49. The number of likely N-dealkylation sites (tertiary alicyclic amines) is 1. The molecule has 132 valence electrons. The predicted molar refractivity (Wildman–Crippen MR) is 94.1 cm³/mol. The van der Waals surface area contributed by atoms with Gasteiger partial charge in [-0.3, -0.25) is 0 Å². The predicted octanol–water partition coefficient (Wildman–Crippen LogP) is 1.04. The van der Waals surface area contributed by atoms with Gasteiger partial charge >= 0.3 is 6.03 Å². The van der Waals surface area contributed by atoms with E-state index in [2.05, 4.69) is 32.0 Å². The lowest BCUT2D eigenvalue weighted by atomic mass is 10.0. The topological polar surface area (TPSA) is 64.6 Å². The molecule has 0 radical (unpaired) electrons.